The van der Waals surface area contributed by atoms with Crippen molar-refractivity contribution < 1.29 is 10.0 Å². The number of nitro groups is 1. The van der Waals surface area contributed by atoms with E-state index in [9.17, 15) is 15.2 Å². The maximum atomic E-state index is 10.7. The highest BCUT2D eigenvalue weighted by Crippen LogP contribution is 2.31. The van der Waals surface area contributed by atoms with Crippen molar-refractivity contribution in [2.75, 3.05) is 0 Å². The van der Waals surface area contributed by atoms with E-state index >= 15 is 0 Å². The molecule has 0 saturated carbocycles. The van der Waals surface area contributed by atoms with Crippen LogP contribution in [0.25, 0.3) is 0 Å². The zero-order valence-electron chi connectivity index (χ0n) is 10.4. The van der Waals surface area contributed by atoms with E-state index in [-0.39, 0.29) is 12.3 Å². The van der Waals surface area contributed by atoms with Crippen molar-refractivity contribution >= 4 is 17.4 Å². The van der Waals surface area contributed by atoms with Gasteiger partial charge in [0.15, 0.2) is 5.16 Å². The third-order valence-corrected chi connectivity index (χ3v) is 3.84. The number of aromatic nitrogens is 3. The van der Waals surface area contributed by atoms with Crippen molar-refractivity contribution in [2.45, 2.75) is 23.6 Å². The van der Waals surface area contributed by atoms with E-state index in [4.69, 9.17) is 0 Å². The molecule has 7 nitrogen and oxygen atoms in total. The Balaban J connectivity index is 2.35. The van der Waals surface area contributed by atoms with Crippen LogP contribution in [-0.4, -0.2) is 24.8 Å². The lowest BCUT2D eigenvalue weighted by Gasteiger charge is -2.06. The fourth-order valence-electron chi connectivity index (χ4n) is 1.48. The van der Waals surface area contributed by atoms with Crippen molar-refractivity contribution in [2.24, 2.45) is 7.05 Å². The molecule has 0 radical (unpaired) electrons. The van der Waals surface area contributed by atoms with E-state index in [0.29, 0.717) is 10.7 Å². The first kappa shape index (κ1) is 13.5. The van der Waals surface area contributed by atoms with Crippen LogP contribution in [0.4, 0.5) is 5.69 Å². The Morgan fingerprint density at radius 2 is 2.21 bits per heavy atom. The zero-order valence-corrected chi connectivity index (χ0v) is 11.2. The summed E-state index contributed by atoms with van der Waals surface area (Å²) >= 11 is 1.31. The van der Waals surface area contributed by atoms with Gasteiger partial charge in [0.05, 0.1) is 11.5 Å². The van der Waals surface area contributed by atoms with Crippen LogP contribution < -0.4 is 0 Å². The second-order valence-corrected chi connectivity index (χ2v) is 4.91. The highest BCUT2D eigenvalue weighted by molar-refractivity contribution is 7.99. The molecule has 1 aromatic carbocycles. The summed E-state index contributed by atoms with van der Waals surface area (Å²) in [6.07, 6.45) is 0. The maximum Gasteiger partial charge on any atom is 0.269 e. The van der Waals surface area contributed by atoms with Gasteiger partial charge in [0.2, 0.25) is 0 Å². The summed E-state index contributed by atoms with van der Waals surface area (Å²) in [6.45, 7) is 1.57. The van der Waals surface area contributed by atoms with E-state index in [1.54, 1.807) is 6.07 Å². The molecule has 0 amide bonds. The van der Waals surface area contributed by atoms with Gasteiger partial charge in [0.1, 0.15) is 5.82 Å². The largest absolute Gasteiger partial charge is 0.392 e. The summed E-state index contributed by atoms with van der Waals surface area (Å²) in [5.74, 6) is 0.773. The Morgan fingerprint density at radius 3 is 2.74 bits per heavy atom. The Hall–Kier alpha value is -1.93. The average molecular weight is 280 g/mol. The molecule has 0 saturated heterocycles. The molecule has 2 aromatic rings. The van der Waals surface area contributed by atoms with Crippen molar-refractivity contribution in [3.05, 3.63) is 39.7 Å². The normalized spacial score (nSPS) is 10.7. The topological polar surface area (TPSA) is 94.1 Å². The molecule has 0 fully saturated rings. The smallest absolute Gasteiger partial charge is 0.269 e. The molecule has 1 aromatic heterocycles. The molecule has 0 atom stereocenters. The summed E-state index contributed by atoms with van der Waals surface area (Å²) in [5.41, 5.74) is 0.461. The molecular formula is C11H12N4O3S. The number of rotatable bonds is 4. The quantitative estimate of drug-likeness (QED) is 0.676. The number of hydrogen-bond donors (Lipinski definition) is 1. The van der Waals surface area contributed by atoms with Crippen molar-refractivity contribution in [1.29, 1.82) is 0 Å². The molecule has 0 spiro atoms. The summed E-state index contributed by atoms with van der Waals surface area (Å²) in [5, 5.41) is 28.6. The number of aryl methyl sites for hydroxylation is 1. The molecule has 0 aliphatic rings. The fourth-order valence-corrected chi connectivity index (χ4v) is 2.42. The number of non-ortho nitro benzene ring substituents is 1. The minimum atomic E-state index is -0.486. The molecule has 100 valence electrons. The van der Waals surface area contributed by atoms with Gasteiger partial charge in [-0.3, -0.25) is 10.1 Å². The first-order valence-electron chi connectivity index (χ1n) is 5.45. The summed E-state index contributed by atoms with van der Waals surface area (Å²) < 4.78 is 1.81. The number of hydrogen-bond acceptors (Lipinski definition) is 6. The first-order chi connectivity index (χ1) is 9.02. The van der Waals surface area contributed by atoms with Crippen LogP contribution in [0.1, 0.15) is 11.4 Å². The van der Waals surface area contributed by atoms with Crippen LogP contribution in [-0.2, 0) is 13.7 Å². The number of aliphatic hydroxyl groups excluding tert-OH is 1. The van der Waals surface area contributed by atoms with Gasteiger partial charge < -0.3 is 9.67 Å². The lowest BCUT2D eigenvalue weighted by Crippen LogP contribution is -1.96. The van der Waals surface area contributed by atoms with Gasteiger partial charge in [-0.1, -0.05) is 0 Å². The van der Waals surface area contributed by atoms with Gasteiger partial charge >= 0.3 is 0 Å². The van der Waals surface area contributed by atoms with Gasteiger partial charge in [-0.05, 0) is 30.3 Å². The number of benzene rings is 1. The van der Waals surface area contributed by atoms with Crippen LogP contribution in [0, 0.1) is 17.0 Å². The van der Waals surface area contributed by atoms with Gasteiger partial charge in [-0.25, -0.2) is 0 Å². The first-order valence-corrected chi connectivity index (χ1v) is 6.26. The number of nitro benzene ring substituents is 1. The minimum Gasteiger partial charge on any atom is -0.392 e. The number of aliphatic hydroxyl groups is 1. The van der Waals surface area contributed by atoms with Crippen LogP contribution >= 0.6 is 11.8 Å². The summed E-state index contributed by atoms with van der Waals surface area (Å²) in [7, 11) is 1.83. The molecule has 0 aliphatic carbocycles. The molecule has 2 rings (SSSR count). The summed E-state index contributed by atoms with van der Waals surface area (Å²) in [6, 6.07) is 4.38. The summed E-state index contributed by atoms with van der Waals surface area (Å²) in [4.78, 5) is 10.9. The predicted molar refractivity (Wildman–Crippen MR) is 68.9 cm³/mol. The van der Waals surface area contributed by atoms with E-state index in [1.807, 2.05) is 18.5 Å². The van der Waals surface area contributed by atoms with Gasteiger partial charge in [0.25, 0.3) is 5.69 Å². The van der Waals surface area contributed by atoms with Crippen molar-refractivity contribution in [1.82, 2.24) is 14.8 Å². The lowest BCUT2D eigenvalue weighted by atomic mass is 10.2. The molecule has 0 aliphatic heterocycles. The lowest BCUT2D eigenvalue weighted by molar-refractivity contribution is -0.385. The second kappa shape index (κ2) is 5.37. The minimum absolute atomic E-state index is 0.0393. The molecule has 19 heavy (non-hydrogen) atoms. The second-order valence-electron chi connectivity index (χ2n) is 3.90. The molecule has 8 heteroatoms. The molecule has 1 N–H and O–H groups in total. The van der Waals surface area contributed by atoms with Gasteiger partial charge in [0, 0.05) is 24.1 Å². The Bertz CT molecular complexity index is 626. The molecular weight excluding hydrogens is 268 g/mol. The van der Waals surface area contributed by atoms with Crippen LogP contribution in [0.15, 0.2) is 28.3 Å². The third kappa shape index (κ3) is 2.74. The van der Waals surface area contributed by atoms with E-state index in [1.165, 1.54) is 23.9 Å². The Kier molecular flexibility index (Phi) is 3.82. The van der Waals surface area contributed by atoms with Crippen LogP contribution in [0.2, 0.25) is 0 Å². The Labute approximate surface area is 113 Å². The SMILES string of the molecule is Cc1nnc(Sc2ccc([N+](=O)[O-])cc2CO)n1C. The van der Waals surface area contributed by atoms with Gasteiger partial charge in [-0.2, -0.15) is 0 Å². The Morgan fingerprint density at radius 1 is 1.47 bits per heavy atom. The van der Waals surface area contributed by atoms with Crippen molar-refractivity contribution in [3.63, 3.8) is 0 Å². The van der Waals surface area contributed by atoms with E-state index < -0.39 is 4.92 Å². The van der Waals surface area contributed by atoms with Gasteiger partial charge in [-0.15, -0.1) is 10.2 Å². The predicted octanol–water partition coefficient (Wildman–Crippen LogP) is 1.68. The average Bonchev–Trinajstić information content (AvgIpc) is 2.71. The molecule has 1 heterocycles. The molecule has 0 unspecified atom stereocenters. The van der Waals surface area contributed by atoms with Crippen LogP contribution in [0.3, 0.4) is 0 Å². The third-order valence-electron chi connectivity index (χ3n) is 2.68. The van der Waals surface area contributed by atoms with E-state index in [0.717, 1.165) is 10.7 Å². The standard InChI is InChI=1S/C11H12N4O3S/c1-7-12-13-11(14(7)2)19-10-4-3-9(15(17)18)5-8(10)6-16/h3-5,16H,6H2,1-2H3. The zero-order chi connectivity index (χ0) is 14.0. The van der Waals surface area contributed by atoms with Crippen LogP contribution in [0.5, 0.6) is 0 Å². The maximum absolute atomic E-state index is 10.7. The van der Waals surface area contributed by atoms with Crippen molar-refractivity contribution in [3.8, 4) is 0 Å². The van der Waals surface area contributed by atoms with E-state index in [2.05, 4.69) is 10.2 Å². The number of nitrogens with zero attached hydrogens (tertiary/aromatic N) is 4. The highest BCUT2D eigenvalue weighted by atomic mass is 32.2. The fraction of sp³-hybridized carbons (Fsp3) is 0.273. The highest BCUT2D eigenvalue weighted by Gasteiger charge is 2.14. The monoisotopic (exact) mass is 280 g/mol. The molecule has 0 bridgehead atoms.